The quantitative estimate of drug-likeness (QED) is 0.404. The van der Waals surface area contributed by atoms with Crippen LogP contribution in [-0.2, 0) is 4.79 Å². The van der Waals surface area contributed by atoms with E-state index in [2.05, 4.69) is 10.6 Å². The maximum Gasteiger partial charge on any atom is 0.304 e. The molecule has 6 N–H and O–H groups in total. The normalized spacial score (nSPS) is 15.4. The van der Waals surface area contributed by atoms with Gasteiger partial charge in [-0.25, -0.2) is 0 Å². The number of carbonyl (C=O) groups excluding carboxylic acids is 2. The largest absolute Gasteiger partial charge is 0.481 e. The van der Waals surface area contributed by atoms with E-state index in [0.717, 1.165) is 0 Å². The molecule has 1 aliphatic rings. The second kappa shape index (κ2) is 7.28. The van der Waals surface area contributed by atoms with Crippen LogP contribution in [0, 0.1) is 11.3 Å². The Kier molecular flexibility index (Phi) is 4.89. The van der Waals surface area contributed by atoms with Gasteiger partial charge in [0.25, 0.3) is 5.91 Å². The molecule has 0 aliphatic carbocycles. The zero-order valence-electron chi connectivity index (χ0n) is 14.3. The van der Waals surface area contributed by atoms with Gasteiger partial charge in [0.15, 0.2) is 5.78 Å². The molecule has 2 aromatic carbocycles. The number of amidine groups is 1. The van der Waals surface area contributed by atoms with Crippen LogP contribution in [0.3, 0.4) is 0 Å². The van der Waals surface area contributed by atoms with E-state index in [4.69, 9.17) is 16.2 Å². The SMILES string of the molecule is N=C(N)c1ccc(C(=O)Nc2ccc3c(c2)NCC(CC(=O)O)C3=O)cc1. The van der Waals surface area contributed by atoms with Gasteiger partial charge in [-0.1, -0.05) is 12.1 Å². The number of carbonyl (C=O) groups is 3. The zero-order chi connectivity index (χ0) is 19.6. The van der Waals surface area contributed by atoms with Crippen LogP contribution in [0.25, 0.3) is 0 Å². The smallest absolute Gasteiger partial charge is 0.304 e. The first-order valence-corrected chi connectivity index (χ1v) is 8.25. The number of aliphatic carboxylic acids is 1. The number of amides is 1. The molecule has 0 radical (unpaired) electrons. The number of Topliss-reactive ketones (excluding diaryl/α,β-unsaturated/α-hetero) is 1. The van der Waals surface area contributed by atoms with Gasteiger partial charge in [0.2, 0.25) is 0 Å². The first-order chi connectivity index (χ1) is 12.8. The molecule has 1 heterocycles. The summed E-state index contributed by atoms with van der Waals surface area (Å²) in [4.78, 5) is 35.6. The molecule has 138 valence electrons. The van der Waals surface area contributed by atoms with Crippen molar-refractivity contribution in [1.82, 2.24) is 0 Å². The molecule has 1 unspecified atom stereocenters. The number of nitrogen functional groups attached to an aromatic ring is 1. The summed E-state index contributed by atoms with van der Waals surface area (Å²) in [5.74, 6) is -2.25. The van der Waals surface area contributed by atoms with E-state index in [9.17, 15) is 14.4 Å². The summed E-state index contributed by atoms with van der Waals surface area (Å²) in [6, 6.07) is 11.1. The molecule has 2 aromatic rings. The van der Waals surface area contributed by atoms with Crippen LogP contribution in [0.15, 0.2) is 42.5 Å². The summed E-state index contributed by atoms with van der Waals surface area (Å²) in [6.07, 6.45) is -0.222. The molecule has 27 heavy (non-hydrogen) atoms. The topological polar surface area (TPSA) is 145 Å². The number of ketones is 1. The molecule has 1 aliphatic heterocycles. The third kappa shape index (κ3) is 3.95. The van der Waals surface area contributed by atoms with Crippen molar-refractivity contribution >= 4 is 34.9 Å². The minimum atomic E-state index is -1.02. The number of nitrogens with two attached hydrogens (primary N) is 1. The summed E-state index contributed by atoms with van der Waals surface area (Å²) in [5, 5.41) is 22.0. The van der Waals surface area contributed by atoms with Crippen LogP contribution >= 0.6 is 0 Å². The molecule has 1 atom stereocenters. The zero-order valence-corrected chi connectivity index (χ0v) is 14.3. The summed E-state index contributed by atoms with van der Waals surface area (Å²) in [7, 11) is 0. The molecule has 0 bridgehead atoms. The maximum absolute atomic E-state index is 12.4. The van der Waals surface area contributed by atoms with Gasteiger partial charge in [-0.15, -0.1) is 0 Å². The Balaban J connectivity index is 1.74. The van der Waals surface area contributed by atoms with Crippen LogP contribution in [-0.4, -0.2) is 35.1 Å². The fourth-order valence-electron chi connectivity index (χ4n) is 2.91. The van der Waals surface area contributed by atoms with Crippen molar-refractivity contribution in [2.45, 2.75) is 6.42 Å². The average Bonchev–Trinajstić information content (AvgIpc) is 2.64. The second-order valence-corrected chi connectivity index (χ2v) is 6.25. The van der Waals surface area contributed by atoms with E-state index in [0.29, 0.717) is 28.1 Å². The van der Waals surface area contributed by atoms with Crippen molar-refractivity contribution in [3.05, 3.63) is 59.2 Å². The first-order valence-electron chi connectivity index (χ1n) is 8.25. The van der Waals surface area contributed by atoms with Crippen LogP contribution < -0.4 is 16.4 Å². The Morgan fingerprint density at radius 2 is 1.85 bits per heavy atom. The van der Waals surface area contributed by atoms with Gasteiger partial charge >= 0.3 is 5.97 Å². The highest BCUT2D eigenvalue weighted by atomic mass is 16.4. The first kappa shape index (κ1) is 18.1. The highest BCUT2D eigenvalue weighted by Crippen LogP contribution is 2.29. The Morgan fingerprint density at radius 3 is 2.48 bits per heavy atom. The predicted molar refractivity (Wildman–Crippen MR) is 100 cm³/mol. The monoisotopic (exact) mass is 366 g/mol. The highest BCUT2D eigenvalue weighted by molar-refractivity contribution is 6.08. The predicted octanol–water partition coefficient (Wildman–Crippen LogP) is 1.92. The molecule has 0 spiro atoms. The summed E-state index contributed by atoms with van der Waals surface area (Å²) in [6.45, 7) is 0.238. The number of benzene rings is 2. The Morgan fingerprint density at radius 1 is 1.19 bits per heavy atom. The van der Waals surface area contributed by atoms with Gasteiger partial charge in [-0.3, -0.25) is 19.8 Å². The molecule has 0 fully saturated rings. The van der Waals surface area contributed by atoms with E-state index in [-0.39, 0.29) is 30.5 Å². The van der Waals surface area contributed by atoms with E-state index in [1.165, 1.54) is 0 Å². The van der Waals surface area contributed by atoms with Crippen molar-refractivity contribution in [2.75, 3.05) is 17.2 Å². The molecule has 1 amide bonds. The molecular formula is C19H18N4O4. The summed E-state index contributed by atoms with van der Waals surface area (Å²) < 4.78 is 0. The Bertz CT molecular complexity index is 937. The van der Waals surface area contributed by atoms with Crippen LogP contribution in [0.1, 0.15) is 32.7 Å². The third-order valence-corrected chi connectivity index (χ3v) is 4.33. The van der Waals surface area contributed by atoms with Gasteiger partial charge in [0.05, 0.1) is 12.3 Å². The average molecular weight is 366 g/mol. The summed E-state index contributed by atoms with van der Waals surface area (Å²) >= 11 is 0. The Hall–Kier alpha value is -3.68. The minimum Gasteiger partial charge on any atom is -0.481 e. The van der Waals surface area contributed by atoms with E-state index >= 15 is 0 Å². The second-order valence-electron chi connectivity index (χ2n) is 6.25. The van der Waals surface area contributed by atoms with Crippen molar-refractivity contribution < 1.29 is 19.5 Å². The fraction of sp³-hybridized carbons (Fsp3) is 0.158. The number of carboxylic acid groups (broad SMARTS) is 1. The van der Waals surface area contributed by atoms with E-state index in [1.807, 2.05) is 0 Å². The van der Waals surface area contributed by atoms with Gasteiger partial charge < -0.3 is 21.5 Å². The minimum absolute atomic E-state index is 0.0754. The van der Waals surface area contributed by atoms with E-state index in [1.54, 1.807) is 42.5 Å². The number of carboxylic acids is 1. The van der Waals surface area contributed by atoms with Gasteiger partial charge in [-0.05, 0) is 30.3 Å². The number of anilines is 2. The third-order valence-electron chi connectivity index (χ3n) is 4.33. The lowest BCUT2D eigenvalue weighted by molar-refractivity contribution is -0.137. The number of nitrogens with one attached hydrogen (secondary N) is 3. The maximum atomic E-state index is 12.4. The standard InChI is InChI=1S/C19H18N4O4/c20-18(21)10-1-3-11(4-2-10)19(27)23-13-5-6-14-15(8-13)22-9-12(17(14)26)7-16(24)25/h1-6,8,12,22H,7,9H2,(H3,20,21)(H,23,27)(H,24,25). The van der Waals surface area contributed by atoms with Crippen molar-refractivity contribution in [3.8, 4) is 0 Å². The lowest BCUT2D eigenvalue weighted by Gasteiger charge is -2.24. The molecule has 8 heteroatoms. The van der Waals surface area contributed by atoms with E-state index < -0.39 is 11.9 Å². The molecule has 8 nitrogen and oxygen atoms in total. The van der Waals surface area contributed by atoms with Gasteiger partial charge in [-0.2, -0.15) is 0 Å². The fourth-order valence-corrected chi connectivity index (χ4v) is 2.91. The molecule has 0 saturated carbocycles. The lowest BCUT2D eigenvalue weighted by atomic mass is 9.90. The number of hydrogen-bond donors (Lipinski definition) is 5. The van der Waals surface area contributed by atoms with Crippen LogP contribution in [0.2, 0.25) is 0 Å². The lowest BCUT2D eigenvalue weighted by Crippen LogP contribution is -2.31. The van der Waals surface area contributed by atoms with Crippen molar-refractivity contribution in [3.63, 3.8) is 0 Å². The number of fused-ring (bicyclic) bond motifs is 1. The Labute approximate surface area is 154 Å². The number of hydrogen-bond acceptors (Lipinski definition) is 5. The van der Waals surface area contributed by atoms with Crippen LogP contribution in [0.5, 0.6) is 0 Å². The summed E-state index contributed by atoms with van der Waals surface area (Å²) in [5.41, 5.74) is 7.80. The molecule has 3 rings (SSSR count). The van der Waals surface area contributed by atoms with Crippen molar-refractivity contribution in [2.24, 2.45) is 11.7 Å². The molecule has 0 saturated heterocycles. The highest BCUT2D eigenvalue weighted by Gasteiger charge is 2.29. The van der Waals surface area contributed by atoms with Crippen molar-refractivity contribution in [1.29, 1.82) is 5.41 Å². The van der Waals surface area contributed by atoms with Gasteiger partial charge in [0, 0.05) is 34.6 Å². The molecule has 0 aromatic heterocycles. The van der Waals surface area contributed by atoms with Gasteiger partial charge in [0.1, 0.15) is 5.84 Å². The van der Waals surface area contributed by atoms with Crippen LogP contribution in [0.4, 0.5) is 11.4 Å². The molecular weight excluding hydrogens is 348 g/mol. The number of rotatable bonds is 5.